The van der Waals surface area contributed by atoms with Crippen LogP contribution >= 0.6 is 0 Å². The van der Waals surface area contributed by atoms with Gasteiger partial charge in [0.15, 0.2) is 0 Å². The van der Waals surface area contributed by atoms with Crippen LogP contribution in [-0.2, 0) is 20.8 Å². The molecule has 0 radical (unpaired) electrons. The third-order valence-corrected chi connectivity index (χ3v) is 6.23. The van der Waals surface area contributed by atoms with Crippen LogP contribution < -0.4 is 0 Å². The maximum absolute atomic E-state index is 13.3. The Bertz CT molecular complexity index is 1110. The Labute approximate surface area is 181 Å². The van der Waals surface area contributed by atoms with Gasteiger partial charge in [0, 0.05) is 0 Å². The molecule has 2 aliphatic rings. The summed E-state index contributed by atoms with van der Waals surface area (Å²) in [6.07, 6.45) is 1.85. The topological polar surface area (TPSA) is 55.8 Å². The third-order valence-electron chi connectivity index (χ3n) is 6.23. The van der Waals surface area contributed by atoms with Crippen LogP contribution in [0.4, 0.5) is 4.79 Å². The Morgan fingerprint density at radius 1 is 0.839 bits per heavy atom. The third kappa shape index (κ3) is 3.26. The van der Waals surface area contributed by atoms with E-state index in [-0.39, 0.29) is 0 Å². The fraction of sp³-hybridized carbons (Fsp3) is 0.231. The van der Waals surface area contributed by atoms with Gasteiger partial charge in [-0.3, -0.25) is 0 Å². The lowest BCUT2D eigenvalue weighted by Gasteiger charge is -2.30. The van der Waals surface area contributed by atoms with Crippen LogP contribution in [0.3, 0.4) is 0 Å². The van der Waals surface area contributed by atoms with Crippen molar-refractivity contribution in [2.75, 3.05) is 7.11 Å². The Kier molecular flexibility index (Phi) is 4.94. The molecular weight excluding hydrogens is 390 g/mol. The molecule has 156 valence electrons. The van der Waals surface area contributed by atoms with Crippen molar-refractivity contribution < 1.29 is 19.2 Å². The van der Waals surface area contributed by atoms with Crippen LogP contribution in [0.25, 0.3) is 11.1 Å². The maximum atomic E-state index is 13.3. The zero-order valence-corrected chi connectivity index (χ0v) is 17.3. The second-order valence-electron chi connectivity index (χ2n) is 7.93. The van der Waals surface area contributed by atoms with Gasteiger partial charge < -0.3 is 9.57 Å². The average Bonchev–Trinajstić information content (AvgIpc) is 3.16. The summed E-state index contributed by atoms with van der Waals surface area (Å²) in [5.41, 5.74) is 6.01. The Hall–Kier alpha value is -3.60. The molecule has 0 fully saturated rings. The summed E-state index contributed by atoms with van der Waals surface area (Å²) in [6.45, 7) is 0. The summed E-state index contributed by atoms with van der Waals surface area (Å²) in [6, 6.07) is 23.1. The highest BCUT2D eigenvalue weighted by Crippen LogP contribution is 2.47. The molecule has 31 heavy (non-hydrogen) atoms. The number of carbonyl (C=O) groups excluding carboxylic acids is 2. The van der Waals surface area contributed by atoms with E-state index in [1.54, 1.807) is 0 Å². The molecule has 0 unspecified atom stereocenters. The summed E-state index contributed by atoms with van der Waals surface area (Å²) in [7, 11) is 1.30. The summed E-state index contributed by atoms with van der Waals surface area (Å²) in [4.78, 5) is 31.9. The monoisotopic (exact) mass is 413 g/mol. The SMILES string of the molecule is COC(=O)N(OC(=O)[C@@H]1CCCc2ccccc21)C1c2ccccc2-c2ccccc21. The van der Waals surface area contributed by atoms with E-state index in [9.17, 15) is 9.59 Å². The second kappa shape index (κ2) is 7.91. The van der Waals surface area contributed by atoms with Crippen molar-refractivity contribution in [1.82, 2.24) is 5.06 Å². The molecule has 0 saturated heterocycles. The minimum Gasteiger partial charge on any atom is -0.451 e. The first-order chi connectivity index (χ1) is 15.2. The lowest BCUT2D eigenvalue weighted by atomic mass is 9.83. The van der Waals surface area contributed by atoms with E-state index >= 15 is 0 Å². The number of carbonyl (C=O) groups is 2. The van der Waals surface area contributed by atoms with Gasteiger partial charge in [-0.1, -0.05) is 72.8 Å². The lowest BCUT2D eigenvalue weighted by Crippen LogP contribution is -2.38. The molecule has 3 aromatic rings. The first-order valence-corrected chi connectivity index (χ1v) is 10.5. The number of benzene rings is 3. The molecule has 1 atom stereocenters. The fourth-order valence-corrected chi connectivity index (χ4v) is 4.83. The molecule has 0 heterocycles. The molecule has 0 saturated carbocycles. The minimum atomic E-state index is -0.700. The summed E-state index contributed by atoms with van der Waals surface area (Å²) < 4.78 is 5.02. The highest BCUT2D eigenvalue weighted by Gasteiger charge is 2.40. The van der Waals surface area contributed by atoms with E-state index in [0.29, 0.717) is 6.42 Å². The van der Waals surface area contributed by atoms with E-state index in [0.717, 1.165) is 51.3 Å². The van der Waals surface area contributed by atoms with Gasteiger partial charge in [0.05, 0.1) is 13.0 Å². The van der Waals surface area contributed by atoms with Crippen LogP contribution in [-0.4, -0.2) is 24.2 Å². The van der Waals surface area contributed by atoms with Crippen LogP contribution in [0, 0.1) is 0 Å². The van der Waals surface area contributed by atoms with Gasteiger partial charge in [-0.25, -0.2) is 9.59 Å². The largest absolute Gasteiger partial charge is 0.451 e. The standard InChI is InChI=1S/C26H23NO4/c1-30-26(29)27(31-25(28)23-16-8-10-17-9-2-3-11-18(17)23)24-21-14-6-4-12-19(21)20-13-5-7-15-22(20)24/h2-7,9,11-15,23-24H,8,10,16H2,1H3/t23-/m1/s1. The molecule has 0 N–H and O–H groups in total. The first kappa shape index (κ1) is 19.4. The normalized spacial score (nSPS) is 16.6. The van der Waals surface area contributed by atoms with Gasteiger partial charge in [-0.2, -0.15) is 0 Å². The predicted molar refractivity (Wildman–Crippen MR) is 116 cm³/mol. The molecule has 5 heteroatoms. The summed E-state index contributed by atoms with van der Waals surface area (Å²) in [5.74, 6) is -0.830. The van der Waals surface area contributed by atoms with Crippen LogP contribution in [0.2, 0.25) is 0 Å². The van der Waals surface area contributed by atoms with Crippen LogP contribution in [0.1, 0.15) is 47.1 Å². The van der Waals surface area contributed by atoms with Gasteiger partial charge in [0.1, 0.15) is 6.04 Å². The van der Waals surface area contributed by atoms with Crippen molar-refractivity contribution in [3.8, 4) is 11.1 Å². The van der Waals surface area contributed by atoms with Crippen molar-refractivity contribution >= 4 is 12.1 Å². The molecular formula is C26H23NO4. The summed E-state index contributed by atoms with van der Waals surface area (Å²) in [5, 5.41) is 1.10. The zero-order chi connectivity index (χ0) is 21.4. The molecule has 2 aliphatic carbocycles. The van der Waals surface area contributed by atoms with Gasteiger partial charge in [0.2, 0.25) is 0 Å². The number of rotatable bonds is 2. The second-order valence-corrected chi connectivity index (χ2v) is 7.93. The number of aryl methyl sites for hydroxylation is 1. The lowest BCUT2D eigenvalue weighted by molar-refractivity contribution is -0.189. The van der Waals surface area contributed by atoms with Crippen molar-refractivity contribution in [2.24, 2.45) is 0 Å². The first-order valence-electron chi connectivity index (χ1n) is 10.5. The zero-order valence-electron chi connectivity index (χ0n) is 17.3. The van der Waals surface area contributed by atoms with Crippen molar-refractivity contribution in [3.63, 3.8) is 0 Å². The average molecular weight is 413 g/mol. The minimum absolute atomic E-state index is 0.399. The molecule has 0 spiro atoms. The van der Waals surface area contributed by atoms with E-state index in [2.05, 4.69) is 6.07 Å². The van der Waals surface area contributed by atoms with Crippen LogP contribution in [0.5, 0.6) is 0 Å². The maximum Gasteiger partial charge on any atom is 0.443 e. The number of methoxy groups -OCH3 is 1. The van der Waals surface area contributed by atoms with Gasteiger partial charge in [0.25, 0.3) is 0 Å². The quantitative estimate of drug-likeness (QED) is 0.528. The fourth-order valence-electron chi connectivity index (χ4n) is 4.83. The van der Waals surface area contributed by atoms with Crippen molar-refractivity contribution in [3.05, 3.63) is 95.1 Å². The Morgan fingerprint density at radius 2 is 1.42 bits per heavy atom. The number of nitrogens with zero attached hydrogens (tertiary/aromatic N) is 1. The highest BCUT2D eigenvalue weighted by molar-refractivity contribution is 5.83. The van der Waals surface area contributed by atoms with Gasteiger partial charge in [-0.05, 0) is 52.6 Å². The molecule has 0 bridgehead atoms. The number of hydrogen-bond donors (Lipinski definition) is 0. The predicted octanol–water partition coefficient (Wildman–Crippen LogP) is 5.40. The molecule has 1 amide bonds. The number of hydrogen-bond acceptors (Lipinski definition) is 4. The van der Waals surface area contributed by atoms with E-state index < -0.39 is 24.0 Å². The van der Waals surface area contributed by atoms with Crippen LogP contribution in [0.15, 0.2) is 72.8 Å². The summed E-state index contributed by atoms with van der Waals surface area (Å²) >= 11 is 0. The number of fused-ring (bicyclic) bond motifs is 4. The number of amides is 1. The molecule has 5 rings (SSSR count). The highest BCUT2D eigenvalue weighted by atomic mass is 16.8. The Balaban J connectivity index is 1.52. The van der Waals surface area contributed by atoms with Gasteiger partial charge in [-0.15, -0.1) is 5.06 Å². The molecule has 0 aromatic heterocycles. The van der Waals surface area contributed by atoms with Crippen molar-refractivity contribution in [2.45, 2.75) is 31.2 Å². The number of hydroxylamine groups is 2. The smallest absolute Gasteiger partial charge is 0.443 e. The van der Waals surface area contributed by atoms with E-state index in [1.807, 2.05) is 66.7 Å². The van der Waals surface area contributed by atoms with Crippen molar-refractivity contribution in [1.29, 1.82) is 0 Å². The van der Waals surface area contributed by atoms with E-state index in [4.69, 9.17) is 9.57 Å². The molecule has 5 nitrogen and oxygen atoms in total. The molecule has 3 aromatic carbocycles. The van der Waals surface area contributed by atoms with Gasteiger partial charge >= 0.3 is 12.1 Å². The number of ether oxygens (including phenoxy) is 1. The van der Waals surface area contributed by atoms with E-state index in [1.165, 1.54) is 7.11 Å². The molecule has 0 aliphatic heterocycles. The Morgan fingerprint density at radius 3 is 2.06 bits per heavy atom.